The molecule has 0 spiro atoms. The molecule has 6 heteroatoms. The van der Waals surface area contributed by atoms with E-state index in [4.69, 9.17) is 9.47 Å². The second-order valence-corrected chi connectivity index (χ2v) is 15.0. The zero-order valence-corrected chi connectivity index (χ0v) is 33.7. The van der Waals surface area contributed by atoms with E-state index in [0.29, 0.717) is 44.0 Å². The average molecular weight is 711 g/mol. The van der Waals surface area contributed by atoms with Crippen LogP contribution >= 0.6 is 0 Å². The summed E-state index contributed by atoms with van der Waals surface area (Å²) in [5.74, 6) is -0.423. The van der Waals surface area contributed by atoms with Crippen LogP contribution in [0.15, 0.2) is 130 Å². The Kier molecular flexibility index (Phi) is 19.6. The monoisotopic (exact) mass is 710 g/mol. The summed E-state index contributed by atoms with van der Waals surface area (Å²) in [6.45, 7) is 24.6. The minimum atomic E-state index is -0.770. The zero-order valence-electron chi connectivity index (χ0n) is 33.7. The molecule has 0 bridgehead atoms. The lowest BCUT2D eigenvalue weighted by Crippen LogP contribution is -2.38. The summed E-state index contributed by atoms with van der Waals surface area (Å²) in [5, 5.41) is 0. The van der Waals surface area contributed by atoms with E-state index in [1.165, 1.54) is 0 Å². The van der Waals surface area contributed by atoms with Crippen LogP contribution in [-0.4, -0.2) is 36.7 Å². The van der Waals surface area contributed by atoms with Crippen molar-refractivity contribution in [3.63, 3.8) is 0 Å². The Morgan fingerprint density at radius 1 is 0.827 bits per heavy atom. The number of carbonyl (C=O) groups is 4. The molecular weight excluding hydrogens is 649 g/mol. The lowest BCUT2D eigenvalue weighted by atomic mass is 9.71. The standard InChI is InChI=1S/C46H62O6/c1-13-18-43(49)52-42-30-46(11,12)41(38(8)44(42)50)28-26-37(7)24-17-22-35(5)20-15-14-19-34(4)21-16-23-36(6)25-27-40(33(2)3)45(9,10)29-39(31-47)51-32-48/h14-17,19-28,31-32,39,42H,13,18,29-30H2,1-12H3/b15-14+,21-16+,22-17+,27-25+,28-26+,34-19+,35-20+,36-23+,37-24+. The maximum Gasteiger partial charge on any atom is 0.306 e. The van der Waals surface area contributed by atoms with Crippen molar-refractivity contribution in [2.45, 2.75) is 121 Å². The molecule has 282 valence electrons. The molecule has 0 aromatic heterocycles. The smallest absolute Gasteiger partial charge is 0.306 e. The number of hydrogen-bond donors (Lipinski definition) is 0. The topological polar surface area (TPSA) is 86.7 Å². The largest absolute Gasteiger partial charge is 0.457 e. The van der Waals surface area contributed by atoms with Crippen molar-refractivity contribution < 1.29 is 28.7 Å². The number of carbonyl (C=O) groups excluding carboxylic acids is 4. The van der Waals surface area contributed by atoms with Gasteiger partial charge in [-0.15, -0.1) is 0 Å². The van der Waals surface area contributed by atoms with Gasteiger partial charge in [0.2, 0.25) is 0 Å². The van der Waals surface area contributed by atoms with Gasteiger partial charge in [-0.05, 0) is 82.4 Å². The minimum Gasteiger partial charge on any atom is -0.457 e. The van der Waals surface area contributed by atoms with E-state index in [-0.39, 0.29) is 22.6 Å². The number of allylic oxidation sites excluding steroid dienone is 21. The Hall–Kier alpha value is -4.58. The first kappa shape index (κ1) is 45.4. The molecule has 0 aromatic rings. The summed E-state index contributed by atoms with van der Waals surface area (Å²) in [6.07, 6.45) is 29.6. The normalized spacial score (nSPS) is 18.7. The van der Waals surface area contributed by atoms with Gasteiger partial charge >= 0.3 is 5.97 Å². The molecule has 2 atom stereocenters. The van der Waals surface area contributed by atoms with Gasteiger partial charge in [-0.2, -0.15) is 0 Å². The molecule has 0 amide bonds. The Labute approximate surface area is 313 Å². The molecular formula is C46H62O6. The van der Waals surface area contributed by atoms with E-state index in [2.05, 4.69) is 57.2 Å². The Bertz CT molecular complexity index is 1620. The minimum absolute atomic E-state index is 0.109. The quantitative estimate of drug-likeness (QED) is 0.0753. The first-order valence-electron chi connectivity index (χ1n) is 18.1. The van der Waals surface area contributed by atoms with Crippen LogP contribution in [0, 0.1) is 10.8 Å². The zero-order chi connectivity index (χ0) is 39.5. The van der Waals surface area contributed by atoms with E-state index in [1.54, 1.807) is 0 Å². The predicted molar refractivity (Wildman–Crippen MR) is 215 cm³/mol. The molecule has 0 saturated carbocycles. The number of hydrogen-bond acceptors (Lipinski definition) is 6. The van der Waals surface area contributed by atoms with Crippen LogP contribution in [0.4, 0.5) is 0 Å². The van der Waals surface area contributed by atoms with Crippen LogP contribution in [-0.2, 0) is 28.7 Å². The highest BCUT2D eigenvalue weighted by Crippen LogP contribution is 2.41. The summed E-state index contributed by atoms with van der Waals surface area (Å²) >= 11 is 0. The van der Waals surface area contributed by atoms with Crippen molar-refractivity contribution in [3.05, 3.63) is 130 Å². The van der Waals surface area contributed by atoms with Crippen molar-refractivity contribution in [2.75, 3.05) is 0 Å². The van der Waals surface area contributed by atoms with Gasteiger partial charge in [-0.1, -0.05) is 148 Å². The van der Waals surface area contributed by atoms with Gasteiger partial charge in [0, 0.05) is 19.3 Å². The third kappa shape index (κ3) is 16.2. The summed E-state index contributed by atoms with van der Waals surface area (Å²) in [6, 6.07) is 0. The number of esters is 1. The van der Waals surface area contributed by atoms with E-state index >= 15 is 0 Å². The van der Waals surface area contributed by atoms with Gasteiger partial charge in [-0.3, -0.25) is 19.2 Å². The maximum absolute atomic E-state index is 13.0. The van der Waals surface area contributed by atoms with Crippen LogP contribution in [0.2, 0.25) is 0 Å². The molecule has 2 unspecified atom stereocenters. The van der Waals surface area contributed by atoms with Gasteiger partial charge in [0.1, 0.15) is 0 Å². The number of ketones is 1. The van der Waals surface area contributed by atoms with Crippen LogP contribution in [0.3, 0.4) is 0 Å². The van der Waals surface area contributed by atoms with Crippen molar-refractivity contribution in [1.82, 2.24) is 0 Å². The fraction of sp³-hybridized carbons (Fsp3) is 0.435. The highest BCUT2D eigenvalue weighted by atomic mass is 16.5. The molecule has 0 aromatic carbocycles. The molecule has 1 aliphatic rings. The predicted octanol–water partition coefficient (Wildman–Crippen LogP) is 11.1. The van der Waals surface area contributed by atoms with E-state index in [9.17, 15) is 19.2 Å². The van der Waals surface area contributed by atoms with Crippen molar-refractivity contribution in [3.8, 4) is 0 Å². The van der Waals surface area contributed by atoms with Crippen LogP contribution in [0.5, 0.6) is 0 Å². The fourth-order valence-corrected chi connectivity index (χ4v) is 6.07. The Balaban J connectivity index is 2.84. The molecule has 1 rings (SSSR count). The van der Waals surface area contributed by atoms with Gasteiger partial charge in [0.15, 0.2) is 24.3 Å². The van der Waals surface area contributed by atoms with Crippen molar-refractivity contribution >= 4 is 24.5 Å². The van der Waals surface area contributed by atoms with Gasteiger partial charge < -0.3 is 9.47 Å². The molecule has 0 fully saturated rings. The van der Waals surface area contributed by atoms with Crippen LogP contribution in [0.1, 0.15) is 109 Å². The summed E-state index contributed by atoms with van der Waals surface area (Å²) < 4.78 is 10.4. The fourth-order valence-electron chi connectivity index (χ4n) is 6.07. The van der Waals surface area contributed by atoms with E-state index in [0.717, 1.165) is 39.0 Å². The summed E-state index contributed by atoms with van der Waals surface area (Å²) in [5.41, 5.74) is 7.57. The van der Waals surface area contributed by atoms with Crippen LogP contribution < -0.4 is 0 Å². The Morgan fingerprint density at radius 2 is 1.35 bits per heavy atom. The second kappa shape index (κ2) is 22.4. The lowest BCUT2D eigenvalue weighted by molar-refractivity contribution is -0.156. The highest BCUT2D eigenvalue weighted by Gasteiger charge is 2.39. The SMILES string of the molecule is CCCC(=O)OC1CC(C)(C)C(/C=C/C(C)=C/C=C/C(C)=C/C=C/C=C(C)/C=C/C=C(C)/C=C/C(=C(C)C)C(C)(C)CC(C=O)OC=O)=C(C)C1=O. The van der Waals surface area contributed by atoms with Gasteiger partial charge in [0.25, 0.3) is 6.47 Å². The Morgan fingerprint density at radius 3 is 1.85 bits per heavy atom. The molecule has 0 N–H and O–H groups in total. The molecule has 0 radical (unpaired) electrons. The maximum atomic E-state index is 13.0. The molecule has 52 heavy (non-hydrogen) atoms. The first-order valence-corrected chi connectivity index (χ1v) is 18.1. The molecule has 1 aliphatic carbocycles. The average Bonchev–Trinajstić information content (AvgIpc) is 3.04. The third-order valence-corrected chi connectivity index (χ3v) is 8.87. The van der Waals surface area contributed by atoms with Crippen molar-refractivity contribution in [2.24, 2.45) is 10.8 Å². The van der Waals surface area contributed by atoms with Gasteiger partial charge in [0.05, 0.1) is 0 Å². The van der Waals surface area contributed by atoms with E-state index in [1.807, 2.05) is 111 Å². The number of ether oxygens (including phenoxy) is 2. The molecule has 0 saturated heterocycles. The lowest BCUT2D eigenvalue weighted by Gasteiger charge is -2.36. The first-order chi connectivity index (χ1) is 24.4. The van der Waals surface area contributed by atoms with E-state index < -0.39 is 12.2 Å². The molecule has 6 nitrogen and oxygen atoms in total. The third-order valence-electron chi connectivity index (χ3n) is 8.87. The number of aldehydes is 1. The molecule has 0 heterocycles. The molecule has 0 aliphatic heterocycles. The van der Waals surface area contributed by atoms with Gasteiger partial charge in [-0.25, -0.2) is 0 Å². The number of Topliss-reactive ketones (excluding diaryl/α,β-unsaturated/α-hetero) is 1. The summed E-state index contributed by atoms with van der Waals surface area (Å²) in [7, 11) is 0. The summed E-state index contributed by atoms with van der Waals surface area (Å²) in [4.78, 5) is 47.1. The van der Waals surface area contributed by atoms with Crippen LogP contribution in [0.25, 0.3) is 0 Å². The number of rotatable bonds is 19. The highest BCUT2D eigenvalue weighted by molar-refractivity contribution is 6.01. The second-order valence-electron chi connectivity index (χ2n) is 15.0. The van der Waals surface area contributed by atoms with Crippen molar-refractivity contribution in [1.29, 1.82) is 0 Å².